The fourth-order valence-electron chi connectivity index (χ4n) is 2.54. The SMILES string of the molecule is Cc1cccnc1CC(O)C1CCC(F)(F)CC1. The molecular weight excluding hydrogens is 236 g/mol. The van der Waals surface area contributed by atoms with Gasteiger partial charge < -0.3 is 5.11 Å². The van der Waals surface area contributed by atoms with Crippen molar-refractivity contribution in [1.29, 1.82) is 0 Å². The molecule has 2 nitrogen and oxygen atoms in total. The summed E-state index contributed by atoms with van der Waals surface area (Å²) in [5.41, 5.74) is 1.90. The lowest BCUT2D eigenvalue weighted by Crippen LogP contribution is -2.32. The number of aryl methyl sites for hydroxylation is 1. The van der Waals surface area contributed by atoms with Crippen molar-refractivity contribution < 1.29 is 13.9 Å². The monoisotopic (exact) mass is 255 g/mol. The molecule has 1 aliphatic carbocycles. The van der Waals surface area contributed by atoms with Gasteiger partial charge in [0.05, 0.1) is 6.10 Å². The van der Waals surface area contributed by atoms with Crippen LogP contribution in [-0.4, -0.2) is 22.1 Å². The maximum Gasteiger partial charge on any atom is 0.248 e. The number of nitrogens with zero attached hydrogens (tertiary/aromatic N) is 1. The molecule has 0 amide bonds. The second-order valence-electron chi connectivity index (χ2n) is 5.23. The number of hydrogen-bond acceptors (Lipinski definition) is 2. The molecule has 1 fully saturated rings. The number of halogens is 2. The van der Waals surface area contributed by atoms with E-state index < -0.39 is 12.0 Å². The summed E-state index contributed by atoms with van der Waals surface area (Å²) < 4.78 is 26.1. The number of alkyl halides is 2. The zero-order valence-electron chi connectivity index (χ0n) is 10.6. The number of aliphatic hydroxyl groups excluding tert-OH is 1. The molecule has 1 N–H and O–H groups in total. The standard InChI is InChI=1S/C14H19F2NO/c1-10-3-2-8-17-12(10)9-13(18)11-4-6-14(15,16)7-5-11/h2-3,8,11,13,18H,4-7,9H2,1H3. The van der Waals surface area contributed by atoms with Gasteiger partial charge in [-0.2, -0.15) is 0 Å². The Morgan fingerprint density at radius 1 is 1.44 bits per heavy atom. The highest BCUT2D eigenvalue weighted by Gasteiger charge is 2.37. The average molecular weight is 255 g/mol. The summed E-state index contributed by atoms with van der Waals surface area (Å²) in [6.07, 6.45) is 2.20. The predicted molar refractivity (Wildman–Crippen MR) is 65.6 cm³/mol. The molecule has 0 spiro atoms. The average Bonchev–Trinajstić information content (AvgIpc) is 2.32. The predicted octanol–water partition coefficient (Wildman–Crippen LogP) is 3.12. The molecule has 0 bridgehead atoms. The van der Waals surface area contributed by atoms with E-state index in [0.29, 0.717) is 19.3 Å². The van der Waals surface area contributed by atoms with Crippen LogP contribution in [0.1, 0.15) is 36.9 Å². The van der Waals surface area contributed by atoms with Crippen LogP contribution in [0, 0.1) is 12.8 Å². The second-order valence-corrected chi connectivity index (χ2v) is 5.23. The number of aliphatic hydroxyl groups is 1. The first-order valence-corrected chi connectivity index (χ1v) is 6.44. The Morgan fingerprint density at radius 3 is 2.72 bits per heavy atom. The van der Waals surface area contributed by atoms with E-state index in [1.807, 2.05) is 19.1 Å². The van der Waals surface area contributed by atoms with Gasteiger partial charge in [0, 0.05) is 31.2 Å². The Labute approximate surface area is 106 Å². The van der Waals surface area contributed by atoms with Gasteiger partial charge in [0.15, 0.2) is 0 Å². The Morgan fingerprint density at radius 2 is 2.11 bits per heavy atom. The molecule has 18 heavy (non-hydrogen) atoms. The molecule has 0 radical (unpaired) electrons. The van der Waals surface area contributed by atoms with Gasteiger partial charge in [0.2, 0.25) is 5.92 Å². The molecule has 2 rings (SSSR count). The third kappa shape index (κ3) is 3.25. The first kappa shape index (κ1) is 13.4. The number of hydrogen-bond donors (Lipinski definition) is 1. The third-order valence-corrected chi connectivity index (χ3v) is 3.83. The van der Waals surface area contributed by atoms with Gasteiger partial charge in [-0.15, -0.1) is 0 Å². The molecule has 1 unspecified atom stereocenters. The molecule has 1 heterocycles. The number of pyridine rings is 1. The van der Waals surface area contributed by atoms with E-state index in [-0.39, 0.29) is 18.8 Å². The third-order valence-electron chi connectivity index (χ3n) is 3.83. The topological polar surface area (TPSA) is 33.1 Å². The smallest absolute Gasteiger partial charge is 0.248 e. The highest BCUT2D eigenvalue weighted by molar-refractivity contribution is 5.18. The van der Waals surface area contributed by atoms with Crippen molar-refractivity contribution in [3.05, 3.63) is 29.6 Å². The Kier molecular flexibility index (Phi) is 3.95. The second kappa shape index (κ2) is 5.31. The van der Waals surface area contributed by atoms with Crippen molar-refractivity contribution in [3.8, 4) is 0 Å². The molecule has 0 aliphatic heterocycles. The van der Waals surface area contributed by atoms with Crippen LogP contribution in [0.5, 0.6) is 0 Å². The van der Waals surface area contributed by atoms with Crippen LogP contribution in [0.2, 0.25) is 0 Å². The summed E-state index contributed by atoms with van der Waals surface area (Å²) in [7, 11) is 0. The van der Waals surface area contributed by atoms with E-state index in [2.05, 4.69) is 4.98 Å². The summed E-state index contributed by atoms with van der Waals surface area (Å²) in [5.74, 6) is -2.55. The molecular formula is C14H19F2NO. The lowest BCUT2D eigenvalue weighted by molar-refractivity contribution is -0.0620. The van der Waals surface area contributed by atoms with Gasteiger partial charge in [-0.25, -0.2) is 8.78 Å². The van der Waals surface area contributed by atoms with Crippen LogP contribution in [0.4, 0.5) is 8.78 Å². The molecule has 100 valence electrons. The first-order chi connectivity index (χ1) is 8.48. The van der Waals surface area contributed by atoms with E-state index in [0.717, 1.165) is 11.3 Å². The highest BCUT2D eigenvalue weighted by atomic mass is 19.3. The lowest BCUT2D eigenvalue weighted by atomic mass is 9.81. The van der Waals surface area contributed by atoms with Crippen molar-refractivity contribution in [2.75, 3.05) is 0 Å². The Bertz CT molecular complexity index is 399. The van der Waals surface area contributed by atoms with Gasteiger partial charge in [-0.3, -0.25) is 4.98 Å². The minimum absolute atomic E-state index is 0.0222. The molecule has 1 aromatic rings. The van der Waals surface area contributed by atoms with Crippen LogP contribution in [-0.2, 0) is 6.42 Å². The highest BCUT2D eigenvalue weighted by Crippen LogP contribution is 2.37. The largest absolute Gasteiger partial charge is 0.392 e. The molecule has 4 heteroatoms. The Hall–Kier alpha value is -1.03. The van der Waals surface area contributed by atoms with E-state index in [4.69, 9.17) is 0 Å². The van der Waals surface area contributed by atoms with Crippen LogP contribution in [0.3, 0.4) is 0 Å². The van der Waals surface area contributed by atoms with Gasteiger partial charge in [-0.1, -0.05) is 6.07 Å². The minimum Gasteiger partial charge on any atom is -0.392 e. The molecule has 0 saturated heterocycles. The zero-order valence-corrected chi connectivity index (χ0v) is 10.6. The van der Waals surface area contributed by atoms with Crippen molar-refractivity contribution in [3.63, 3.8) is 0 Å². The van der Waals surface area contributed by atoms with Crippen LogP contribution < -0.4 is 0 Å². The molecule has 1 atom stereocenters. The molecule has 1 aromatic heterocycles. The molecule has 0 aromatic carbocycles. The summed E-state index contributed by atoms with van der Waals surface area (Å²) in [4.78, 5) is 4.23. The fourth-order valence-corrected chi connectivity index (χ4v) is 2.54. The van der Waals surface area contributed by atoms with E-state index in [1.54, 1.807) is 6.20 Å². The van der Waals surface area contributed by atoms with Gasteiger partial charge >= 0.3 is 0 Å². The van der Waals surface area contributed by atoms with Crippen molar-refractivity contribution >= 4 is 0 Å². The van der Waals surface area contributed by atoms with Crippen molar-refractivity contribution in [2.45, 2.75) is 51.1 Å². The fraction of sp³-hybridized carbons (Fsp3) is 0.643. The van der Waals surface area contributed by atoms with Crippen LogP contribution >= 0.6 is 0 Å². The van der Waals surface area contributed by atoms with E-state index in [9.17, 15) is 13.9 Å². The maximum atomic E-state index is 13.0. The maximum absolute atomic E-state index is 13.0. The van der Waals surface area contributed by atoms with E-state index >= 15 is 0 Å². The number of aromatic nitrogens is 1. The first-order valence-electron chi connectivity index (χ1n) is 6.44. The normalized spacial score (nSPS) is 21.8. The summed E-state index contributed by atoms with van der Waals surface area (Å²) in [5, 5.41) is 10.1. The zero-order chi connectivity index (χ0) is 13.2. The number of rotatable bonds is 3. The quantitative estimate of drug-likeness (QED) is 0.900. The van der Waals surface area contributed by atoms with Crippen LogP contribution in [0.25, 0.3) is 0 Å². The van der Waals surface area contributed by atoms with Gasteiger partial charge in [-0.05, 0) is 37.3 Å². The van der Waals surface area contributed by atoms with Crippen molar-refractivity contribution in [1.82, 2.24) is 4.98 Å². The Balaban J connectivity index is 1.93. The van der Waals surface area contributed by atoms with Gasteiger partial charge in [0.25, 0.3) is 0 Å². The summed E-state index contributed by atoms with van der Waals surface area (Å²) in [6, 6.07) is 3.80. The minimum atomic E-state index is -2.53. The lowest BCUT2D eigenvalue weighted by Gasteiger charge is -2.31. The van der Waals surface area contributed by atoms with Crippen molar-refractivity contribution in [2.24, 2.45) is 5.92 Å². The van der Waals surface area contributed by atoms with Crippen LogP contribution in [0.15, 0.2) is 18.3 Å². The summed E-state index contributed by atoms with van der Waals surface area (Å²) >= 11 is 0. The van der Waals surface area contributed by atoms with E-state index in [1.165, 1.54) is 0 Å². The molecule has 1 aliphatic rings. The van der Waals surface area contributed by atoms with Gasteiger partial charge in [0.1, 0.15) is 0 Å². The molecule has 1 saturated carbocycles. The summed E-state index contributed by atoms with van der Waals surface area (Å²) in [6.45, 7) is 1.95.